The molecule has 0 fully saturated rings. The van der Waals surface area contributed by atoms with Gasteiger partial charge in [-0.15, -0.1) is 0 Å². The van der Waals surface area contributed by atoms with Gasteiger partial charge in [0, 0.05) is 43.4 Å². The third-order valence-corrected chi connectivity index (χ3v) is 6.71. The maximum atomic E-state index is 11.7. The van der Waals surface area contributed by atoms with E-state index < -0.39 is 10.8 Å². The molecule has 17 heteroatoms. The standard InChI is InChI=1S/C26H33N7O6.C7H10N2O.CH5N/c1-29-17-32(25-20(30-2)12-18(16-34)13-23(25)38-3)10-6-5-9-31-24-21(33(36)37)14-19(26(28)35)15-22(24)39-11-7-4-8-27;1-3-9-7(5-10)4-6(2)8-9;1-2/h4-7,12-16,29,31H,2,8-11,17,27H2,1,3H3,(H2,28,35);4-5H,3H2,1-2H3;2H2,1H3/b6-5+,7-4+;;. The minimum atomic E-state index is -0.818. The summed E-state index contributed by atoms with van der Waals surface area (Å²) in [6.45, 7) is 9.61. The highest BCUT2D eigenvalue weighted by Crippen LogP contribution is 2.39. The molecule has 0 spiro atoms. The summed E-state index contributed by atoms with van der Waals surface area (Å²) in [6, 6.07) is 7.46. The minimum absolute atomic E-state index is 0.0514. The van der Waals surface area contributed by atoms with E-state index in [1.165, 1.54) is 20.2 Å². The van der Waals surface area contributed by atoms with Crippen LogP contribution in [0.2, 0.25) is 0 Å². The summed E-state index contributed by atoms with van der Waals surface area (Å²) in [7, 11) is 4.78. The Kier molecular flexibility index (Phi) is 19.8. The number of amides is 1. The molecule has 3 rings (SSSR count). The molecule has 0 radical (unpaired) electrons. The van der Waals surface area contributed by atoms with Crippen LogP contribution in [-0.4, -0.2) is 94.0 Å². The Morgan fingerprint density at radius 3 is 2.37 bits per heavy atom. The van der Waals surface area contributed by atoms with E-state index in [9.17, 15) is 24.5 Å². The van der Waals surface area contributed by atoms with Crippen molar-refractivity contribution in [3.63, 3.8) is 0 Å². The number of nitrogens with two attached hydrogens (primary N) is 3. The molecular formula is C34H48N10O7. The van der Waals surface area contributed by atoms with Crippen molar-refractivity contribution in [2.45, 2.75) is 20.4 Å². The summed E-state index contributed by atoms with van der Waals surface area (Å²) >= 11 is 0. The Balaban J connectivity index is 0.000000917. The van der Waals surface area contributed by atoms with Gasteiger partial charge in [0.05, 0.1) is 30.1 Å². The van der Waals surface area contributed by atoms with Crippen LogP contribution in [-0.2, 0) is 6.54 Å². The molecule has 1 amide bonds. The number of nitro groups is 1. The number of hydrogen-bond acceptors (Lipinski definition) is 14. The summed E-state index contributed by atoms with van der Waals surface area (Å²) in [5.74, 6) is -0.257. The van der Waals surface area contributed by atoms with Crippen LogP contribution in [0.15, 0.2) is 59.6 Å². The lowest BCUT2D eigenvalue weighted by Crippen LogP contribution is -2.33. The first-order chi connectivity index (χ1) is 24.6. The van der Waals surface area contributed by atoms with Crippen molar-refractivity contribution in [1.82, 2.24) is 15.1 Å². The second-order valence-corrected chi connectivity index (χ2v) is 10.1. The normalized spacial score (nSPS) is 10.4. The zero-order valence-corrected chi connectivity index (χ0v) is 29.6. The molecule has 0 unspecified atom stereocenters. The van der Waals surface area contributed by atoms with Crippen LogP contribution >= 0.6 is 0 Å². The second kappa shape index (κ2) is 23.4. The molecule has 0 saturated heterocycles. The second-order valence-electron chi connectivity index (χ2n) is 10.1. The Hall–Kier alpha value is -5.91. The van der Waals surface area contributed by atoms with Crippen molar-refractivity contribution in [3.8, 4) is 11.5 Å². The largest absolute Gasteiger partial charge is 0.494 e. The van der Waals surface area contributed by atoms with Crippen LogP contribution in [0.25, 0.3) is 0 Å². The number of aromatic nitrogens is 2. The maximum absolute atomic E-state index is 11.7. The molecule has 17 nitrogen and oxygen atoms in total. The summed E-state index contributed by atoms with van der Waals surface area (Å²) in [6.07, 6.45) is 8.48. The number of aliphatic imine (C=N–C) groups is 1. The monoisotopic (exact) mass is 708 g/mol. The quantitative estimate of drug-likeness (QED) is 0.0300. The average Bonchev–Trinajstić information content (AvgIpc) is 3.52. The van der Waals surface area contributed by atoms with E-state index in [0.717, 1.165) is 24.6 Å². The molecule has 0 saturated carbocycles. The van der Waals surface area contributed by atoms with Crippen LogP contribution in [0, 0.1) is 17.0 Å². The first-order valence-corrected chi connectivity index (χ1v) is 15.7. The number of primary amides is 1. The van der Waals surface area contributed by atoms with E-state index in [2.05, 4.69) is 33.2 Å². The van der Waals surface area contributed by atoms with E-state index in [1.54, 1.807) is 48.2 Å². The highest BCUT2D eigenvalue weighted by atomic mass is 16.6. The number of hydrogen-bond donors (Lipinski definition) is 5. The van der Waals surface area contributed by atoms with Crippen LogP contribution in [0.5, 0.6) is 11.5 Å². The summed E-state index contributed by atoms with van der Waals surface area (Å²) in [5, 5.41) is 21.9. The van der Waals surface area contributed by atoms with Crippen molar-refractivity contribution in [2.75, 3.05) is 64.3 Å². The van der Waals surface area contributed by atoms with Gasteiger partial charge in [0.1, 0.15) is 30.0 Å². The lowest BCUT2D eigenvalue weighted by atomic mass is 10.1. The van der Waals surface area contributed by atoms with Crippen LogP contribution in [0.4, 0.5) is 22.7 Å². The fourth-order valence-electron chi connectivity index (χ4n) is 4.54. The molecule has 1 aromatic heterocycles. The molecule has 0 atom stereocenters. The lowest BCUT2D eigenvalue weighted by Gasteiger charge is -2.26. The third kappa shape index (κ3) is 13.1. The summed E-state index contributed by atoms with van der Waals surface area (Å²) in [5.41, 5.74) is 18.1. The van der Waals surface area contributed by atoms with Gasteiger partial charge in [-0.25, -0.2) is 0 Å². The lowest BCUT2D eigenvalue weighted by molar-refractivity contribution is -0.384. The van der Waals surface area contributed by atoms with Crippen molar-refractivity contribution < 1.29 is 28.8 Å². The van der Waals surface area contributed by atoms with Gasteiger partial charge >= 0.3 is 0 Å². The van der Waals surface area contributed by atoms with Gasteiger partial charge < -0.3 is 42.2 Å². The molecule has 3 aromatic rings. The Morgan fingerprint density at radius 2 is 1.84 bits per heavy atom. The fraction of sp³-hybridized carbons (Fsp3) is 0.324. The van der Waals surface area contributed by atoms with Crippen LogP contribution in [0.1, 0.15) is 43.8 Å². The molecule has 8 N–H and O–H groups in total. The number of carbonyl (C=O) groups is 3. The van der Waals surface area contributed by atoms with Gasteiger partial charge in [-0.05, 0) is 58.9 Å². The predicted molar refractivity (Wildman–Crippen MR) is 200 cm³/mol. The number of anilines is 2. The number of benzene rings is 2. The smallest absolute Gasteiger partial charge is 0.296 e. The number of rotatable bonds is 19. The van der Waals surface area contributed by atoms with Gasteiger partial charge in [-0.1, -0.05) is 24.3 Å². The molecule has 51 heavy (non-hydrogen) atoms. The van der Waals surface area contributed by atoms with E-state index >= 15 is 0 Å². The van der Waals surface area contributed by atoms with E-state index in [0.29, 0.717) is 54.4 Å². The molecular weight excluding hydrogens is 660 g/mol. The fourth-order valence-corrected chi connectivity index (χ4v) is 4.54. The van der Waals surface area contributed by atoms with Crippen LogP contribution < -0.4 is 42.2 Å². The number of nitro benzene ring substituents is 1. The number of carbonyl (C=O) groups excluding carboxylic acids is 3. The summed E-state index contributed by atoms with van der Waals surface area (Å²) < 4.78 is 12.8. The Labute approximate surface area is 297 Å². The van der Waals surface area contributed by atoms with Gasteiger partial charge in [0.25, 0.3) is 5.69 Å². The van der Waals surface area contributed by atoms with Gasteiger partial charge in [0.15, 0.2) is 17.7 Å². The first-order valence-electron chi connectivity index (χ1n) is 15.7. The number of nitrogens with one attached hydrogen (secondary N) is 2. The highest BCUT2D eigenvalue weighted by molar-refractivity contribution is 5.95. The third-order valence-electron chi connectivity index (χ3n) is 6.71. The number of aryl methyl sites for hydroxylation is 2. The number of aldehydes is 2. The van der Waals surface area contributed by atoms with E-state index in [4.69, 9.17) is 20.9 Å². The predicted octanol–water partition coefficient (Wildman–Crippen LogP) is 2.99. The minimum Gasteiger partial charge on any atom is -0.494 e. The molecule has 0 bridgehead atoms. The molecule has 0 aliphatic heterocycles. The maximum Gasteiger partial charge on any atom is 0.296 e. The van der Waals surface area contributed by atoms with Gasteiger partial charge in [-0.3, -0.25) is 34.2 Å². The molecule has 0 aliphatic carbocycles. The zero-order valence-electron chi connectivity index (χ0n) is 29.6. The van der Waals surface area contributed by atoms with E-state index in [-0.39, 0.29) is 35.8 Å². The SMILES string of the molecule is C=Nc1cc(C=O)cc(OC)c1N(C/C=C/CNc1c(OC/C=C/CN)cc(C(N)=O)cc1[N+](=O)[O-])CNC.CCn1nc(C)cc1C=O.CN. The van der Waals surface area contributed by atoms with Crippen LogP contribution in [0.3, 0.4) is 0 Å². The van der Waals surface area contributed by atoms with Crippen molar-refractivity contribution in [3.05, 3.63) is 87.3 Å². The highest BCUT2D eigenvalue weighted by Gasteiger charge is 2.22. The first kappa shape index (κ1) is 43.1. The number of methoxy groups -OCH3 is 1. The molecule has 276 valence electrons. The molecule has 2 aromatic carbocycles. The zero-order chi connectivity index (χ0) is 38.3. The summed E-state index contributed by atoms with van der Waals surface area (Å²) in [4.78, 5) is 50.5. The molecule has 1 heterocycles. The Bertz CT molecular complexity index is 1670. The topological polar surface area (TPSA) is 248 Å². The number of ether oxygens (including phenoxy) is 2. The van der Waals surface area contributed by atoms with E-state index in [1.807, 2.05) is 24.8 Å². The van der Waals surface area contributed by atoms with Crippen molar-refractivity contribution in [2.24, 2.45) is 22.2 Å². The van der Waals surface area contributed by atoms with Crippen molar-refractivity contribution in [1.29, 1.82) is 0 Å². The number of nitrogens with zero attached hydrogens (tertiary/aromatic N) is 5. The van der Waals surface area contributed by atoms with Crippen molar-refractivity contribution >= 4 is 47.9 Å². The van der Waals surface area contributed by atoms with Gasteiger partial charge in [0.2, 0.25) is 5.91 Å². The molecule has 0 aliphatic rings. The Morgan fingerprint density at radius 1 is 1.12 bits per heavy atom. The van der Waals surface area contributed by atoms with Gasteiger partial charge in [-0.2, -0.15) is 5.10 Å². The average molecular weight is 709 g/mol.